The Morgan fingerprint density at radius 3 is 2.18 bits per heavy atom. The number of aryl methyl sites for hydroxylation is 2. The smallest absolute Gasteiger partial charge is 0.240 e. The van der Waals surface area contributed by atoms with Crippen molar-refractivity contribution in [2.75, 3.05) is 18.4 Å². The Morgan fingerprint density at radius 2 is 1.73 bits per heavy atom. The van der Waals surface area contributed by atoms with E-state index < -0.39 is 0 Å². The molecule has 4 nitrogen and oxygen atoms in total. The number of carbonyl (C=O) groups is 1. The summed E-state index contributed by atoms with van der Waals surface area (Å²) in [6.45, 7) is 12.9. The summed E-state index contributed by atoms with van der Waals surface area (Å²) >= 11 is 5.44. The van der Waals surface area contributed by atoms with Crippen molar-refractivity contribution in [2.45, 2.75) is 47.1 Å². The first-order valence-corrected chi connectivity index (χ1v) is 7.97. The second-order valence-electron chi connectivity index (χ2n) is 6.62. The lowest BCUT2D eigenvalue weighted by Gasteiger charge is -2.27. The molecule has 0 aromatic heterocycles. The van der Waals surface area contributed by atoms with Crippen LogP contribution in [0, 0.1) is 13.8 Å². The van der Waals surface area contributed by atoms with E-state index in [9.17, 15) is 4.79 Å². The molecule has 0 aliphatic heterocycles. The van der Waals surface area contributed by atoms with Crippen molar-refractivity contribution in [3.05, 3.63) is 29.3 Å². The highest BCUT2D eigenvalue weighted by Crippen LogP contribution is 2.14. The van der Waals surface area contributed by atoms with E-state index in [0.717, 1.165) is 5.69 Å². The maximum absolute atomic E-state index is 12.1. The quantitative estimate of drug-likeness (QED) is 0.836. The van der Waals surface area contributed by atoms with E-state index in [1.807, 2.05) is 44.7 Å². The molecule has 0 fully saturated rings. The number of benzene rings is 1. The Balaban J connectivity index is 2.70. The summed E-state index contributed by atoms with van der Waals surface area (Å²) in [5, 5.41) is 6.74. The number of nitrogens with one attached hydrogen (secondary N) is 2. The molecule has 2 N–H and O–H groups in total. The number of rotatable bonds is 4. The third kappa shape index (κ3) is 6.43. The lowest BCUT2D eigenvalue weighted by Crippen LogP contribution is -2.48. The van der Waals surface area contributed by atoms with Crippen LogP contribution >= 0.6 is 12.2 Å². The van der Waals surface area contributed by atoms with Crippen molar-refractivity contribution in [1.29, 1.82) is 0 Å². The number of carbonyl (C=O) groups excluding carboxylic acids is 1. The van der Waals surface area contributed by atoms with Gasteiger partial charge in [-0.3, -0.25) is 4.79 Å². The molecule has 0 unspecified atom stereocenters. The molecule has 22 heavy (non-hydrogen) atoms. The average molecular weight is 321 g/mol. The predicted molar refractivity (Wildman–Crippen MR) is 97.3 cm³/mol. The van der Waals surface area contributed by atoms with Crippen LogP contribution < -0.4 is 10.6 Å². The number of likely N-dealkylation sites (N-methyl/N-ethyl adjacent to an activating group) is 1. The van der Waals surface area contributed by atoms with Gasteiger partial charge >= 0.3 is 0 Å². The fourth-order valence-corrected chi connectivity index (χ4v) is 2.52. The van der Waals surface area contributed by atoms with Gasteiger partial charge in [0, 0.05) is 17.8 Å². The van der Waals surface area contributed by atoms with Crippen LogP contribution in [0.1, 0.15) is 38.8 Å². The van der Waals surface area contributed by atoms with Crippen molar-refractivity contribution in [3.8, 4) is 0 Å². The highest BCUT2D eigenvalue weighted by atomic mass is 32.1. The summed E-state index contributed by atoms with van der Waals surface area (Å²) in [4.78, 5) is 13.9. The molecule has 0 saturated carbocycles. The molecular weight excluding hydrogens is 294 g/mol. The van der Waals surface area contributed by atoms with Crippen molar-refractivity contribution in [2.24, 2.45) is 0 Å². The summed E-state index contributed by atoms with van der Waals surface area (Å²) in [6, 6.07) is 6.20. The van der Waals surface area contributed by atoms with Crippen molar-refractivity contribution in [3.63, 3.8) is 0 Å². The highest BCUT2D eigenvalue weighted by molar-refractivity contribution is 7.80. The zero-order chi connectivity index (χ0) is 16.9. The normalized spacial score (nSPS) is 11.0. The number of amides is 1. The van der Waals surface area contributed by atoms with E-state index in [2.05, 4.69) is 30.5 Å². The molecular formula is C17H27N3OS. The Bertz CT molecular complexity index is 529. The number of thiocarbonyl (C=S) groups is 1. The maximum Gasteiger partial charge on any atom is 0.240 e. The first-order chi connectivity index (χ1) is 10.1. The van der Waals surface area contributed by atoms with Crippen LogP contribution in [-0.4, -0.2) is 34.5 Å². The van der Waals surface area contributed by atoms with Crippen LogP contribution in [0.4, 0.5) is 5.69 Å². The van der Waals surface area contributed by atoms with Gasteiger partial charge in [0.15, 0.2) is 5.11 Å². The monoisotopic (exact) mass is 321 g/mol. The summed E-state index contributed by atoms with van der Waals surface area (Å²) in [7, 11) is 0. The average Bonchev–Trinajstić information content (AvgIpc) is 2.32. The molecule has 1 amide bonds. The number of nitrogens with zero attached hydrogens (tertiary/aromatic N) is 1. The minimum atomic E-state index is -0.237. The van der Waals surface area contributed by atoms with Crippen LogP contribution in [0.2, 0.25) is 0 Å². The van der Waals surface area contributed by atoms with Crippen LogP contribution in [0.3, 0.4) is 0 Å². The minimum absolute atomic E-state index is 0.0288. The van der Waals surface area contributed by atoms with Gasteiger partial charge < -0.3 is 15.5 Å². The molecule has 1 aromatic rings. The fraction of sp³-hybridized carbons (Fsp3) is 0.529. The number of hydrogen-bond acceptors (Lipinski definition) is 2. The van der Waals surface area contributed by atoms with Gasteiger partial charge in [-0.1, -0.05) is 6.07 Å². The Labute approximate surface area is 139 Å². The van der Waals surface area contributed by atoms with Gasteiger partial charge in [-0.2, -0.15) is 0 Å². The SMILES string of the molecule is CCN(CC(=O)NC(C)(C)C)C(=S)Nc1cc(C)cc(C)c1. The van der Waals surface area contributed by atoms with Gasteiger partial charge in [-0.25, -0.2) is 0 Å². The highest BCUT2D eigenvalue weighted by Gasteiger charge is 2.17. The number of hydrogen-bond donors (Lipinski definition) is 2. The van der Waals surface area contributed by atoms with Gasteiger partial charge in [0.25, 0.3) is 0 Å². The van der Waals surface area contributed by atoms with Crippen LogP contribution in [-0.2, 0) is 4.79 Å². The summed E-state index contributed by atoms with van der Waals surface area (Å²) in [6.07, 6.45) is 0. The first-order valence-electron chi connectivity index (χ1n) is 7.56. The van der Waals surface area contributed by atoms with E-state index in [-0.39, 0.29) is 18.0 Å². The summed E-state index contributed by atoms with van der Waals surface area (Å²) in [5.74, 6) is -0.0288. The van der Waals surface area contributed by atoms with Gasteiger partial charge in [0.1, 0.15) is 0 Å². The molecule has 122 valence electrons. The van der Waals surface area contributed by atoms with Crippen molar-refractivity contribution in [1.82, 2.24) is 10.2 Å². The number of anilines is 1. The van der Waals surface area contributed by atoms with Crippen LogP contribution in [0.15, 0.2) is 18.2 Å². The van der Waals surface area contributed by atoms with Crippen LogP contribution in [0.25, 0.3) is 0 Å². The molecule has 1 rings (SSSR count). The van der Waals surface area contributed by atoms with E-state index in [1.54, 1.807) is 0 Å². The lowest BCUT2D eigenvalue weighted by molar-refractivity contribution is -0.122. The third-order valence-corrected chi connectivity index (χ3v) is 3.35. The minimum Gasteiger partial charge on any atom is -0.350 e. The van der Waals surface area contributed by atoms with E-state index >= 15 is 0 Å². The second-order valence-corrected chi connectivity index (χ2v) is 7.01. The molecule has 0 radical (unpaired) electrons. The maximum atomic E-state index is 12.1. The van der Waals surface area contributed by atoms with Gasteiger partial charge in [0.2, 0.25) is 5.91 Å². The van der Waals surface area contributed by atoms with E-state index in [0.29, 0.717) is 11.7 Å². The molecule has 0 bridgehead atoms. The topological polar surface area (TPSA) is 44.4 Å². The molecule has 0 aliphatic rings. The van der Waals surface area contributed by atoms with E-state index in [4.69, 9.17) is 12.2 Å². The Hall–Kier alpha value is -1.62. The van der Waals surface area contributed by atoms with Gasteiger partial charge in [-0.05, 0) is 77.0 Å². The standard InChI is InChI=1S/C17H27N3OS/c1-7-20(11-15(21)19-17(4,5)6)16(22)18-14-9-12(2)8-13(3)10-14/h8-10H,7,11H2,1-6H3,(H,18,22)(H,19,21). The third-order valence-electron chi connectivity index (χ3n) is 2.99. The molecule has 5 heteroatoms. The largest absolute Gasteiger partial charge is 0.350 e. The van der Waals surface area contributed by atoms with Crippen LogP contribution in [0.5, 0.6) is 0 Å². The fourth-order valence-electron chi connectivity index (χ4n) is 2.21. The summed E-state index contributed by atoms with van der Waals surface area (Å²) in [5.41, 5.74) is 3.08. The molecule has 0 saturated heterocycles. The first kappa shape index (κ1) is 18.4. The molecule has 0 atom stereocenters. The lowest BCUT2D eigenvalue weighted by atomic mass is 10.1. The molecule has 0 aliphatic carbocycles. The van der Waals surface area contributed by atoms with Gasteiger partial charge in [0.05, 0.1) is 6.54 Å². The summed E-state index contributed by atoms with van der Waals surface area (Å²) < 4.78 is 0. The van der Waals surface area contributed by atoms with Crippen molar-refractivity contribution >= 4 is 28.9 Å². The molecule has 0 spiro atoms. The van der Waals surface area contributed by atoms with Gasteiger partial charge in [-0.15, -0.1) is 0 Å². The van der Waals surface area contributed by atoms with Crippen molar-refractivity contribution < 1.29 is 4.79 Å². The zero-order valence-corrected chi connectivity index (χ0v) is 15.2. The predicted octanol–water partition coefficient (Wildman–Crippen LogP) is 3.24. The zero-order valence-electron chi connectivity index (χ0n) is 14.4. The Morgan fingerprint density at radius 1 is 1.18 bits per heavy atom. The molecule has 1 aromatic carbocycles. The Kier molecular flexibility index (Phi) is 6.35. The van der Waals surface area contributed by atoms with E-state index in [1.165, 1.54) is 11.1 Å². The second kappa shape index (κ2) is 7.58. The molecule has 0 heterocycles.